The van der Waals surface area contributed by atoms with Crippen molar-refractivity contribution in [1.29, 1.82) is 0 Å². The first kappa shape index (κ1) is 9.69. The van der Waals surface area contributed by atoms with Crippen LogP contribution < -0.4 is 0 Å². The molecule has 0 N–H and O–H groups in total. The number of rotatable bonds is 0. The van der Waals surface area contributed by atoms with Gasteiger partial charge in [-0.2, -0.15) is 0 Å². The van der Waals surface area contributed by atoms with Crippen LogP contribution in [0.4, 0.5) is 0 Å². The van der Waals surface area contributed by atoms with E-state index in [1.807, 2.05) is 43.3 Å². The Hall–Kier alpha value is 0.690. The van der Waals surface area contributed by atoms with Gasteiger partial charge in [-0.05, 0) is 13.0 Å². The Morgan fingerprint density at radius 3 is 2.00 bits per heavy atom. The van der Waals surface area contributed by atoms with Crippen LogP contribution in [0.3, 0.4) is 0 Å². The summed E-state index contributed by atoms with van der Waals surface area (Å²) in [6.45, 7) is 2.06. The fraction of sp³-hybridized carbons (Fsp3) is 0.143. The molecule has 0 amide bonds. The normalized spacial score (nSPS) is 7.56. The molecule has 0 heterocycles. The number of halogens is 1. The van der Waals surface area contributed by atoms with Gasteiger partial charge >= 0.3 is 36.3 Å². The van der Waals surface area contributed by atoms with Crippen LogP contribution in [0.25, 0.3) is 0 Å². The molecule has 0 nitrogen and oxygen atoms in total. The molecule has 1 aromatic rings. The molecular weight excluding hydrogens is 319 g/mol. The van der Waals surface area contributed by atoms with Crippen LogP contribution in [0.5, 0.6) is 0 Å². The summed E-state index contributed by atoms with van der Waals surface area (Å²) >= 11 is 4.88. The fourth-order valence-corrected chi connectivity index (χ4v) is 0.470. The summed E-state index contributed by atoms with van der Waals surface area (Å²) in [5.74, 6) is 0. The van der Waals surface area contributed by atoms with Crippen LogP contribution in [0.15, 0.2) is 24.3 Å². The Bertz CT molecular complexity index is 139. The molecule has 0 aliphatic rings. The average molecular weight is 326 g/mol. The number of benzene rings is 1. The minimum atomic E-state index is 1.29. The van der Waals surface area contributed by atoms with Gasteiger partial charge in [0.05, 0.1) is 0 Å². The zero-order valence-electron chi connectivity index (χ0n) is 4.99. The molecule has 53 valence electrons. The van der Waals surface area contributed by atoms with Crippen molar-refractivity contribution in [2.75, 3.05) is 0 Å². The summed E-state index contributed by atoms with van der Waals surface area (Å²) in [5, 5.41) is 0. The summed E-state index contributed by atoms with van der Waals surface area (Å²) in [6.07, 6.45) is 0. The van der Waals surface area contributed by atoms with Crippen molar-refractivity contribution in [3.8, 4) is 0 Å². The predicted octanol–water partition coefficient (Wildman–Crippen LogP) is 2.68. The van der Waals surface area contributed by atoms with E-state index in [0.29, 0.717) is 0 Å². The van der Waals surface area contributed by atoms with Crippen molar-refractivity contribution < 1.29 is 17.3 Å². The second kappa shape index (κ2) is 6.81. The fourth-order valence-electron chi connectivity index (χ4n) is 0.470. The molecule has 9 heavy (non-hydrogen) atoms. The molecule has 0 bridgehead atoms. The number of hydrogen-bond acceptors (Lipinski definition) is 0. The van der Waals surface area contributed by atoms with Crippen molar-refractivity contribution in [1.82, 2.24) is 0 Å². The zero-order chi connectivity index (χ0) is 7.11. The molecule has 2 heteroatoms. The molecule has 0 unspecified atom stereocenters. The van der Waals surface area contributed by atoms with Crippen LogP contribution in [-0.4, -0.2) is 0 Å². The Morgan fingerprint density at radius 1 is 1.33 bits per heavy atom. The van der Waals surface area contributed by atoms with Gasteiger partial charge in [0.15, 0.2) is 0 Å². The maximum absolute atomic E-state index is 2.93. The number of hydrogen-bond donors (Lipinski definition) is 0. The third-order valence-electron chi connectivity index (χ3n) is 0.885. The molecular formula is C7H7AgI. The minimum absolute atomic E-state index is 1.29. The predicted molar refractivity (Wildman–Crippen MR) is 44.0 cm³/mol. The van der Waals surface area contributed by atoms with Crippen LogP contribution in [0.1, 0.15) is 5.56 Å². The maximum atomic E-state index is 2.93. The Balaban J connectivity index is 0.000000291. The average Bonchev–Trinajstić information content (AvgIpc) is 1.94. The van der Waals surface area contributed by atoms with Gasteiger partial charge in [-0.25, -0.2) is 0 Å². The zero-order valence-corrected chi connectivity index (χ0v) is 8.63. The van der Waals surface area contributed by atoms with Crippen molar-refractivity contribution in [3.63, 3.8) is 0 Å². The summed E-state index contributed by atoms with van der Waals surface area (Å²) in [4.78, 5) is 0. The number of aryl methyl sites for hydroxylation is 1. The van der Waals surface area contributed by atoms with E-state index in [4.69, 9.17) is 0 Å². The Kier molecular flexibility index (Phi) is 7.33. The first-order valence-electron chi connectivity index (χ1n) is 2.44. The van der Waals surface area contributed by atoms with E-state index in [0.717, 1.165) is 0 Å². The van der Waals surface area contributed by atoms with Gasteiger partial charge in [0.25, 0.3) is 0 Å². The van der Waals surface area contributed by atoms with Crippen molar-refractivity contribution in [2.24, 2.45) is 0 Å². The van der Waals surface area contributed by atoms with Crippen molar-refractivity contribution >= 4 is 19.0 Å². The second-order valence-corrected chi connectivity index (χ2v) is 1.58. The summed E-state index contributed by atoms with van der Waals surface area (Å²) < 4.78 is 0. The third-order valence-corrected chi connectivity index (χ3v) is 0.885. The standard InChI is InChI=1S/C7H7.Ag.HI/c1-7-5-3-2-4-6-7;;/h3-6H,1H3;;1H/q;+1;/p-1. The molecule has 1 rings (SSSR count). The Labute approximate surface area is 78.5 Å². The van der Waals surface area contributed by atoms with Crippen LogP contribution >= 0.6 is 19.0 Å². The first-order valence-corrected chi connectivity index (χ1v) is 6.84. The molecule has 0 aromatic heterocycles. The molecule has 0 spiro atoms. The van der Waals surface area contributed by atoms with E-state index in [1.165, 1.54) is 5.56 Å². The van der Waals surface area contributed by atoms with Crippen LogP contribution in [-0.2, 0) is 17.3 Å². The molecule has 0 aliphatic carbocycles. The van der Waals surface area contributed by atoms with E-state index in [9.17, 15) is 0 Å². The Morgan fingerprint density at radius 2 is 1.78 bits per heavy atom. The molecule has 0 aliphatic heterocycles. The summed E-state index contributed by atoms with van der Waals surface area (Å²) in [7, 11) is 0. The van der Waals surface area contributed by atoms with E-state index < -0.39 is 0 Å². The van der Waals surface area contributed by atoms with Crippen LogP contribution in [0, 0.1) is 13.0 Å². The van der Waals surface area contributed by atoms with Crippen LogP contribution in [0.2, 0.25) is 0 Å². The second-order valence-electron chi connectivity index (χ2n) is 1.58. The monoisotopic (exact) mass is 325 g/mol. The van der Waals surface area contributed by atoms with E-state index in [1.54, 1.807) is 0 Å². The van der Waals surface area contributed by atoms with Gasteiger partial charge in [0, 0.05) is 0 Å². The van der Waals surface area contributed by atoms with Gasteiger partial charge in [-0.3, -0.25) is 0 Å². The third kappa shape index (κ3) is 5.15. The van der Waals surface area contributed by atoms with Gasteiger partial charge in [-0.1, -0.05) is 29.8 Å². The summed E-state index contributed by atoms with van der Waals surface area (Å²) in [5.41, 5.74) is 1.29. The van der Waals surface area contributed by atoms with Gasteiger partial charge in [0.2, 0.25) is 0 Å². The van der Waals surface area contributed by atoms with E-state index in [2.05, 4.69) is 30.2 Å². The summed E-state index contributed by atoms with van der Waals surface area (Å²) in [6, 6.07) is 10.8. The van der Waals surface area contributed by atoms with E-state index in [-0.39, 0.29) is 0 Å². The molecule has 0 saturated heterocycles. The molecule has 1 aromatic carbocycles. The first-order chi connectivity index (χ1) is 4.39. The van der Waals surface area contributed by atoms with E-state index >= 15 is 0 Å². The topological polar surface area (TPSA) is 0 Å². The molecule has 0 fully saturated rings. The van der Waals surface area contributed by atoms with Crippen molar-refractivity contribution in [2.45, 2.75) is 6.92 Å². The molecule has 1 radical (unpaired) electrons. The van der Waals surface area contributed by atoms with Crippen molar-refractivity contribution in [3.05, 3.63) is 35.9 Å². The molecule has 0 atom stereocenters. The SMILES string of the molecule is Cc1cc[c]cc1.[Ag][I]. The van der Waals surface area contributed by atoms with Gasteiger partial charge in [0.1, 0.15) is 0 Å². The quantitative estimate of drug-likeness (QED) is 0.508. The molecule has 0 saturated carbocycles. The van der Waals surface area contributed by atoms with Gasteiger partial charge in [-0.15, -0.1) is 0 Å². The van der Waals surface area contributed by atoms with Gasteiger partial charge < -0.3 is 0 Å².